The predicted octanol–water partition coefficient (Wildman–Crippen LogP) is 4.58. The van der Waals surface area contributed by atoms with Gasteiger partial charge >= 0.3 is 0 Å². The molecule has 2 aromatic carbocycles. The first kappa shape index (κ1) is 20.1. The van der Waals surface area contributed by atoms with Crippen LogP contribution in [0.25, 0.3) is 11.0 Å². The third-order valence-electron chi connectivity index (χ3n) is 6.66. The molecule has 0 spiro atoms. The minimum absolute atomic E-state index is 0.148. The van der Waals surface area contributed by atoms with E-state index in [9.17, 15) is 4.79 Å². The number of carbonyl (C=O) groups is 1. The van der Waals surface area contributed by atoms with Crippen molar-refractivity contribution in [1.29, 1.82) is 0 Å². The lowest BCUT2D eigenvalue weighted by atomic mass is 9.88. The maximum absolute atomic E-state index is 12.7. The average Bonchev–Trinajstić information content (AvgIpc) is 3.17. The van der Waals surface area contributed by atoms with Gasteiger partial charge < -0.3 is 14.6 Å². The number of methoxy groups -OCH3 is 1. The number of aromatic nitrogens is 2. The third kappa shape index (κ3) is 4.17. The van der Waals surface area contributed by atoms with Crippen LogP contribution in [0.4, 0.5) is 5.69 Å². The second-order valence-electron chi connectivity index (χ2n) is 8.73. The molecule has 1 aliphatic carbocycles. The highest BCUT2D eigenvalue weighted by atomic mass is 16.5. The van der Waals surface area contributed by atoms with Gasteiger partial charge in [0, 0.05) is 36.8 Å². The molecule has 2 aliphatic rings. The summed E-state index contributed by atoms with van der Waals surface area (Å²) in [4.78, 5) is 19.9. The van der Waals surface area contributed by atoms with E-state index in [1.807, 2.05) is 18.2 Å². The van der Waals surface area contributed by atoms with Crippen molar-refractivity contribution in [2.75, 3.05) is 19.0 Å². The molecule has 1 fully saturated rings. The van der Waals surface area contributed by atoms with Crippen molar-refractivity contribution >= 4 is 22.6 Å². The Morgan fingerprint density at radius 1 is 1.13 bits per heavy atom. The summed E-state index contributed by atoms with van der Waals surface area (Å²) in [6.07, 6.45) is 5.57. The lowest BCUT2D eigenvalue weighted by molar-refractivity contribution is -0.120. The molecule has 3 aromatic rings. The van der Waals surface area contributed by atoms with Crippen molar-refractivity contribution in [3.8, 4) is 5.75 Å². The molecule has 1 aromatic heterocycles. The highest BCUT2D eigenvalue weighted by molar-refractivity contribution is 5.92. The van der Waals surface area contributed by atoms with Crippen LogP contribution in [-0.2, 0) is 24.4 Å². The molecular formula is C25H30N4O2. The van der Waals surface area contributed by atoms with Gasteiger partial charge in [-0.05, 0) is 43.2 Å². The molecule has 0 saturated heterocycles. The molecule has 2 heterocycles. The summed E-state index contributed by atoms with van der Waals surface area (Å²) in [5, 5.41) is 3.14. The van der Waals surface area contributed by atoms with Crippen LogP contribution in [0.1, 0.15) is 43.5 Å². The molecule has 0 bridgehead atoms. The lowest BCUT2D eigenvalue weighted by Crippen LogP contribution is -2.33. The number of hydrogen-bond donors (Lipinski definition) is 1. The Labute approximate surface area is 183 Å². The second kappa shape index (κ2) is 8.71. The normalized spacial score (nSPS) is 17.5. The Balaban J connectivity index is 1.31. The fourth-order valence-corrected chi connectivity index (χ4v) is 4.98. The van der Waals surface area contributed by atoms with Gasteiger partial charge in [0.25, 0.3) is 0 Å². The number of ether oxygens (including phenoxy) is 1. The van der Waals surface area contributed by atoms with Crippen LogP contribution in [-0.4, -0.2) is 34.0 Å². The van der Waals surface area contributed by atoms with Crippen molar-refractivity contribution < 1.29 is 9.53 Å². The number of carbonyl (C=O) groups excluding carboxylic acids is 1. The molecule has 162 valence electrons. The first-order valence-corrected chi connectivity index (χ1v) is 11.4. The van der Waals surface area contributed by atoms with E-state index in [1.54, 1.807) is 7.11 Å². The van der Waals surface area contributed by atoms with Crippen LogP contribution >= 0.6 is 0 Å². The van der Waals surface area contributed by atoms with Gasteiger partial charge in [0.2, 0.25) is 5.91 Å². The van der Waals surface area contributed by atoms with E-state index in [-0.39, 0.29) is 11.8 Å². The number of fused-ring (bicyclic) bond motifs is 3. The fraction of sp³-hybridized carbons (Fsp3) is 0.440. The smallest absolute Gasteiger partial charge is 0.227 e. The topological polar surface area (TPSA) is 59.4 Å². The number of anilines is 1. The van der Waals surface area contributed by atoms with Crippen LogP contribution in [0.3, 0.4) is 0 Å². The molecule has 1 N–H and O–H groups in total. The van der Waals surface area contributed by atoms with Gasteiger partial charge in [-0.1, -0.05) is 31.4 Å². The molecule has 0 atom stereocenters. The summed E-state index contributed by atoms with van der Waals surface area (Å²) in [7, 11) is 1.70. The van der Waals surface area contributed by atoms with Gasteiger partial charge in [-0.2, -0.15) is 0 Å². The molecule has 1 amide bonds. The van der Waals surface area contributed by atoms with Gasteiger partial charge in [0.05, 0.1) is 24.7 Å². The zero-order chi connectivity index (χ0) is 21.2. The number of amides is 1. The summed E-state index contributed by atoms with van der Waals surface area (Å²) in [5.74, 6) is 2.26. The minimum atomic E-state index is 0.148. The largest absolute Gasteiger partial charge is 0.496 e. The predicted molar refractivity (Wildman–Crippen MR) is 122 cm³/mol. The highest BCUT2D eigenvalue weighted by Crippen LogP contribution is 2.29. The van der Waals surface area contributed by atoms with E-state index in [1.165, 1.54) is 11.9 Å². The van der Waals surface area contributed by atoms with Crippen LogP contribution < -0.4 is 10.1 Å². The van der Waals surface area contributed by atoms with E-state index in [0.717, 1.165) is 80.2 Å². The monoisotopic (exact) mass is 418 g/mol. The first-order valence-electron chi connectivity index (χ1n) is 11.4. The standard InChI is InChI=1S/C25H30N4O2/c1-31-23-12-11-20(26-25(30)18-7-3-2-4-8-18)15-19(23)16-28-13-14-29-22-10-6-5-9-21(22)27-24(29)17-28/h5-6,9-12,15,18H,2-4,7-8,13-14,16-17H2,1H3,(H,26,30). The summed E-state index contributed by atoms with van der Waals surface area (Å²) >= 11 is 0. The highest BCUT2D eigenvalue weighted by Gasteiger charge is 2.23. The number of nitrogens with one attached hydrogen (secondary N) is 1. The second-order valence-corrected chi connectivity index (χ2v) is 8.73. The van der Waals surface area contributed by atoms with E-state index >= 15 is 0 Å². The van der Waals surface area contributed by atoms with Crippen LogP contribution in [0.2, 0.25) is 0 Å². The lowest BCUT2D eigenvalue weighted by Gasteiger charge is -2.28. The number of nitrogens with zero attached hydrogens (tertiary/aromatic N) is 3. The summed E-state index contributed by atoms with van der Waals surface area (Å²) in [6, 6.07) is 14.3. The Kier molecular flexibility index (Phi) is 5.64. The summed E-state index contributed by atoms with van der Waals surface area (Å²) in [6.45, 7) is 3.45. The van der Waals surface area contributed by atoms with Gasteiger partial charge in [-0.25, -0.2) is 4.98 Å². The van der Waals surface area contributed by atoms with Gasteiger partial charge in [0.15, 0.2) is 0 Å². The Bertz CT molecular complexity index is 1080. The molecule has 5 rings (SSSR count). The maximum atomic E-state index is 12.7. The van der Waals surface area contributed by atoms with Crippen LogP contribution in [0.15, 0.2) is 42.5 Å². The maximum Gasteiger partial charge on any atom is 0.227 e. The van der Waals surface area contributed by atoms with E-state index in [0.29, 0.717) is 0 Å². The molecular weight excluding hydrogens is 388 g/mol. The number of hydrogen-bond acceptors (Lipinski definition) is 4. The SMILES string of the molecule is COc1ccc(NC(=O)C2CCCCC2)cc1CN1CCn2c(nc3ccccc32)C1. The zero-order valence-electron chi connectivity index (χ0n) is 18.1. The fourth-order valence-electron chi connectivity index (χ4n) is 4.98. The van der Waals surface area contributed by atoms with Gasteiger partial charge in [0.1, 0.15) is 11.6 Å². The molecule has 6 heteroatoms. The van der Waals surface area contributed by atoms with E-state index < -0.39 is 0 Å². The molecule has 0 radical (unpaired) electrons. The van der Waals surface area contributed by atoms with Crippen molar-refractivity contribution in [2.45, 2.75) is 51.7 Å². The summed E-state index contributed by atoms with van der Waals surface area (Å²) in [5.41, 5.74) is 4.22. The van der Waals surface area contributed by atoms with Gasteiger partial charge in [-0.15, -0.1) is 0 Å². The Hall–Kier alpha value is -2.86. The molecule has 31 heavy (non-hydrogen) atoms. The Morgan fingerprint density at radius 3 is 2.81 bits per heavy atom. The zero-order valence-corrected chi connectivity index (χ0v) is 18.1. The summed E-state index contributed by atoms with van der Waals surface area (Å²) < 4.78 is 7.94. The average molecular weight is 419 g/mol. The molecule has 1 saturated carbocycles. The minimum Gasteiger partial charge on any atom is -0.496 e. The molecule has 1 aliphatic heterocycles. The third-order valence-corrected chi connectivity index (χ3v) is 6.66. The first-order chi connectivity index (χ1) is 15.2. The Morgan fingerprint density at radius 2 is 1.97 bits per heavy atom. The number of benzene rings is 2. The van der Waals surface area contributed by atoms with E-state index in [2.05, 4.69) is 39.0 Å². The molecule has 6 nitrogen and oxygen atoms in total. The quantitative estimate of drug-likeness (QED) is 0.659. The molecule has 0 unspecified atom stereocenters. The number of para-hydroxylation sites is 2. The van der Waals surface area contributed by atoms with Gasteiger partial charge in [-0.3, -0.25) is 9.69 Å². The van der Waals surface area contributed by atoms with E-state index in [4.69, 9.17) is 9.72 Å². The van der Waals surface area contributed by atoms with Crippen molar-refractivity contribution in [3.05, 3.63) is 53.9 Å². The van der Waals surface area contributed by atoms with Crippen LogP contribution in [0.5, 0.6) is 5.75 Å². The van der Waals surface area contributed by atoms with Crippen molar-refractivity contribution in [3.63, 3.8) is 0 Å². The number of imidazole rings is 1. The van der Waals surface area contributed by atoms with Crippen molar-refractivity contribution in [1.82, 2.24) is 14.5 Å². The van der Waals surface area contributed by atoms with Crippen LogP contribution in [0, 0.1) is 5.92 Å². The van der Waals surface area contributed by atoms with Crippen molar-refractivity contribution in [2.24, 2.45) is 5.92 Å². The number of rotatable bonds is 5.